The Kier molecular flexibility index (Phi) is 4.31. The van der Waals surface area contributed by atoms with Crippen LogP contribution in [0.15, 0.2) is 42.9 Å². The smallest absolute Gasteiger partial charge is 0.255 e. The fraction of sp³-hybridized carbons (Fsp3) is 0.350. The van der Waals surface area contributed by atoms with Crippen molar-refractivity contribution in [2.75, 3.05) is 20.6 Å². The molecule has 3 aromatic rings. The summed E-state index contributed by atoms with van der Waals surface area (Å²) in [4.78, 5) is 15.1. The van der Waals surface area contributed by atoms with Crippen molar-refractivity contribution in [1.29, 1.82) is 0 Å². The van der Waals surface area contributed by atoms with Crippen molar-refractivity contribution < 1.29 is 4.79 Å². The average molecular weight is 364 g/mol. The molecule has 0 unspecified atom stereocenters. The standard InChI is InChI=1S/C20H24N6O/c1-25(2)20(8-14-6-4-5-7-15(14)9-20)13-21-19(27)17-11-22-24-18(17)16-10-23-26(3)12-16/h4-7,10-12H,8-9,13H2,1-3H3,(H,21,27)(H,22,24). The Morgan fingerprint density at radius 2 is 1.96 bits per heavy atom. The maximum Gasteiger partial charge on any atom is 0.255 e. The molecule has 1 aliphatic carbocycles. The van der Waals surface area contributed by atoms with Crippen LogP contribution >= 0.6 is 0 Å². The Morgan fingerprint density at radius 1 is 1.26 bits per heavy atom. The third kappa shape index (κ3) is 3.14. The van der Waals surface area contributed by atoms with Gasteiger partial charge in [-0.1, -0.05) is 24.3 Å². The summed E-state index contributed by atoms with van der Waals surface area (Å²) in [5.74, 6) is -0.125. The Bertz CT molecular complexity index is 945. The summed E-state index contributed by atoms with van der Waals surface area (Å²) in [7, 11) is 6.01. The number of aryl methyl sites for hydroxylation is 1. The number of aromatic nitrogens is 4. The number of nitrogens with zero attached hydrogens (tertiary/aromatic N) is 4. The van der Waals surface area contributed by atoms with Gasteiger partial charge in [-0.25, -0.2) is 0 Å². The van der Waals surface area contributed by atoms with Crippen molar-refractivity contribution in [3.8, 4) is 11.3 Å². The van der Waals surface area contributed by atoms with Crippen molar-refractivity contribution in [2.24, 2.45) is 7.05 Å². The zero-order valence-corrected chi connectivity index (χ0v) is 15.9. The maximum atomic E-state index is 12.9. The molecular formula is C20H24N6O. The second-order valence-electron chi connectivity index (χ2n) is 7.49. The zero-order chi connectivity index (χ0) is 19.0. The lowest BCUT2D eigenvalue weighted by atomic mass is 9.94. The van der Waals surface area contributed by atoms with Crippen LogP contribution in [0.3, 0.4) is 0 Å². The van der Waals surface area contributed by atoms with Crippen molar-refractivity contribution in [3.05, 3.63) is 59.5 Å². The van der Waals surface area contributed by atoms with Gasteiger partial charge in [0, 0.05) is 30.9 Å². The highest BCUT2D eigenvalue weighted by atomic mass is 16.1. The van der Waals surface area contributed by atoms with Crippen molar-refractivity contribution in [2.45, 2.75) is 18.4 Å². The lowest BCUT2D eigenvalue weighted by molar-refractivity contribution is 0.0903. The van der Waals surface area contributed by atoms with Crippen LogP contribution in [0.5, 0.6) is 0 Å². The summed E-state index contributed by atoms with van der Waals surface area (Å²) < 4.78 is 1.70. The first-order chi connectivity index (χ1) is 13.0. The summed E-state index contributed by atoms with van der Waals surface area (Å²) in [6.45, 7) is 0.575. The van der Waals surface area contributed by atoms with Crippen LogP contribution in [0.25, 0.3) is 11.3 Å². The molecule has 1 aromatic carbocycles. The molecule has 0 bridgehead atoms. The van der Waals surface area contributed by atoms with Gasteiger partial charge in [0.15, 0.2) is 0 Å². The van der Waals surface area contributed by atoms with Crippen LogP contribution in [0.1, 0.15) is 21.5 Å². The first-order valence-corrected chi connectivity index (χ1v) is 9.03. The van der Waals surface area contributed by atoms with Crippen molar-refractivity contribution >= 4 is 5.91 Å². The van der Waals surface area contributed by atoms with Gasteiger partial charge in [-0.15, -0.1) is 0 Å². The molecule has 2 N–H and O–H groups in total. The minimum atomic E-state index is -0.125. The number of rotatable bonds is 5. The molecular weight excluding hydrogens is 340 g/mol. The molecule has 0 radical (unpaired) electrons. The fourth-order valence-corrected chi connectivity index (χ4v) is 3.84. The molecule has 2 aromatic heterocycles. The van der Waals surface area contributed by atoms with E-state index in [0.29, 0.717) is 17.8 Å². The van der Waals surface area contributed by atoms with Crippen LogP contribution in [0, 0.1) is 0 Å². The molecule has 0 atom stereocenters. The number of likely N-dealkylation sites (N-methyl/N-ethyl adjacent to an activating group) is 1. The third-order valence-corrected chi connectivity index (χ3v) is 5.56. The van der Waals surface area contributed by atoms with Gasteiger partial charge in [0.2, 0.25) is 0 Å². The average Bonchev–Trinajstić information content (AvgIpc) is 3.37. The van der Waals surface area contributed by atoms with Gasteiger partial charge in [0.1, 0.15) is 0 Å². The van der Waals surface area contributed by atoms with E-state index < -0.39 is 0 Å². The van der Waals surface area contributed by atoms with Crippen LogP contribution in [0.4, 0.5) is 0 Å². The van der Waals surface area contributed by atoms with Crippen LogP contribution < -0.4 is 5.32 Å². The SMILES string of the molecule is CN(C)C1(CNC(=O)c2cn[nH]c2-c2cnn(C)c2)Cc2ccccc2C1. The number of benzene rings is 1. The van der Waals surface area contributed by atoms with E-state index >= 15 is 0 Å². The number of carbonyl (C=O) groups is 1. The number of fused-ring (bicyclic) bond motifs is 1. The summed E-state index contributed by atoms with van der Waals surface area (Å²) >= 11 is 0. The van der Waals surface area contributed by atoms with Gasteiger partial charge < -0.3 is 10.2 Å². The first kappa shape index (κ1) is 17.5. The third-order valence-electron chi connectivity index (χ3n) is 5.56. The van der Waals surface area contributed by atoms with E-state index in [1.165, 1.54) is 11.1 Å². The number of carbonyl (C=O) groups excluding carboxylic acids is 1. The van der Waals surface area contributed by atoms with Crippen LogP contribution in [0.2, 0.25) is 0 Å². The molecule has 1 amide bonds. The first-order valence-electron chi connectivity index (χ1n) is 9.03. The lowest BCUT2D eigenvalue weighted by Crippen LogP contribution is -2.53. The number of aromatic amines is 1. The number of amides is 1. The Hall–Kier alpha value is -2.93. The predicted molar refractivity (Wildman–Crippen MR) is 103 cm³/mol. The minimum Gasteiger partial charge on any atom is -0.350 e. The molecule has 0 fully saturated rings. The van der Waals surface area contributed by atoms with Gasteiger partial charge >= 0.3 is 0 Å². The normalized spacial score (nSPS) is 15.1. The minimum absolute atomic E-state index is 0.114. The molecule has 0 saturated heterocycles. The van der Waals surface area contributed by atoms with E-state index in [1.54, 1.807) is 17.1 Å². The second-order valence-corrected chi connectivity index (χ2v) is 7.49. The summed E-state index contributed by atoms with van der Waals surface area (Å²) in [6, 6.07) is 8.52. The highest BCUT2D eigenvalue weighted by molar-refractivity contribution is 5.99. The molecule has 0 aliphatic heterocycles. The fourth-order valence-electron chi connectivity index (χ4n) is 3.84. The topological polar surface area (TPSA) is 78.8 Å². The Labute approximate surface area is 158 Å². The van der Waals surface area contributed by atoms with E-state index in [4.69, 9.17) is 0 Å². The molecule has 1 aliphatic rings. The zero-order valence-electron chi connectivity index (χ0n) is 15.9. The van der Waals surface area contributed by atoms with Crippen molar-refractivity contribution in [3.63, 3.8) is 0 Å². The highest BCUT2D eigenvalue weighted by Gasteiger charge is 2.39. The van der Waals surface area contributed by atoms with E-state index in [-0.39, 0.29) is 11.4 Å². The molecule has 2 heterocycles. The van der Waals surface area contributed by atoms with E-state index in [0.717, 1.165) is 18.4 Å². The number of hydrogen-bond acceptors (Lipinski definition) is 4. The molecule has 4 rings (SSSR count). The lowest BCUT2D eigenvalue weighted by Gasteiger charge is -2.36. The number of H-pyrrole nitrogens is 1. The van der Waals surface area contributed by atoms with Crippen LogP contribution in [-0.2, 0) is 19.9 Å². The molecule has 7 nitrogen and oxygen atoms in total. The van der Waals surface area contributed by atoms with Gasteiger partial charge in [-0.05, 0) is 38.1 Å². The molecule has 0 saturated carbocycles. The van der Waals surface area contributed by atoms with Gasteiger partial charge in [-0.3, -0.25) is 14.6 Å². The quantitative estimate of drug-likeness (QED) is 0.721. The van der Waals surface area contributed by atoms with E-state index in [1.807, 2.05) is 13.2 Å². The predicted octanol–water partition coefficient (Wildman–Crippen LogP) is 1.64. The monoisotopic (exact) mass is 364 g/mol. The van der Waals surface area contributed by atoms with Gasteiger partial charge in [0.25, 0.3) is 5.91 Å². The number of hydrogen-bond donors (Lipinski definition) is 2. The summed E-state index contributed by atoms with van der Waals surface area (Å²) in [5, 5.41) is 14.3. The maximum absolute atomic E-state index is 12.9. The van der Waals surface area contributed by atoms with Crippen molar-refractivity contribution in [1.82, 2.24) is 30.2 Å². The summed E-state index contributed by atoms with van der Waals surface area (Å²) in [5.41, 5.74) is 4.68. The molecule has 140 valence electrons. The molecule has 0 spiro atoms. The van der Waals surface area contributed by atoms with Gasteiger partial charge in [0.05, 0.1) is 23.7 Å². The van der Waals surface area contributed by atoms with Gasteiger partial charge in [-0.2, -0.15) is 10.2 Å². The number of nitrogens with one attached hydrogen (secondary N) is 2. The summed E-state index contributed by atoms with van der Waals surface area (Å²) in [6.07, 6.45) is 7.01. The highest BCUT2D eigenvalue weighted by Crippen LogP contribution is 2.33. The Morgan fingerprint density at radius 3 is 2.56 bits per heavy atom. The molecule has 7 heteroatoms. The molecule has 27 heavy (non-hydrogen) atoms. The van der Waals surface area contributed by atoms with Crippen LogP contribution in [-0.4, -0.2) is 57.0 Å². The van der Waals surface area contributed by atoms with E-state index in [9.17, 15) is 4.79 Å². The van der Waals surface area contributed by atoms with E-state index in [2.05, 4.69) is 63.9 Å². The Balaban J connectivity index is 1.52. The largest absolute Gasteiger partial charge is 0.350 e. The second kappa shape index (κ2) is 6.66.